The largest absolute Gasteiger partial charge is 0.393 e. The first kappa shape index (κ1) is 32.7. The van der Waals surface area contributed by atoms with E-state index in [1.807, 2.05) is 36.5 Å². The number of aliphatic hydroxyl groups excluding tert-OH is 2. The van der Waals surface area contributed by atoms with Crippen LogP contribution in [-0.4, -0.2) is 80.6 Å². The Bertz CT molecular complexity index is 1860. The van der Waals surface area contributed by atoms with E-state index in [2.05, 4.69) is 54.8 Å². The Morgan fingerprint density at radius 2 is 1.65 bits per heavy atom. The number of aliphatic hydroxyl groups is 2. The number of nitrogens with zero attached hydrogens (tertiary/aromatic N) is 5. The van der Waals surface area contributed by atoms with Gasteiger partial charge in [-0.1, -0.05) is 47.5 Å². The molecular weight excluding hydrogens is 657 g/mol. The third kappa shape index (κ3) is 6.72. The Labute approximate surface area is 297 Å². The summed E-state index contributed by atoms with van der Waals surface area (Å²) in [5.74, 6) is 0.632. The summed E-state index contributed by atoms with van der Waals surface area (Å²) in [6, 6.07) is 17.0. The van der Waals surface area contributed by atoms with E-state index in [-0.39, 0.29) is 12.2 Å². The molecule has 2 aromatic heterocycles. The van der Waals surface area contributed by atoms with Crippen LogP contribution in [0.2, 0.25) is 10.0 Å². The second-order valence-electron chi connectivity index (χ2n) is 13.9. The summed E-state index contributed by atoms with van der Waals surface area (Å²) in [7, 11) is 0. The van der Waals surface area contributed by atoms with Gasteiger partial charge < -0.3 is 20.8 Å². The molecule has 1 aliphatic carbocycles. The number of fused-ring (bicyclic) bond motifs is 2. The van der Waals surface area contributed by atoms with E-state index in [4.69, 9.17) is 28.2 Å². The smallest absolute Gasteiger partial charge is 0.156 e. The number of nitrogens with one attached hydrogen (secondary N) is 2. The molecule has 11 heteroatoms. The molecular formula is C38H43Cl2N7O2. The molecule has 8 rings (SSSR count). The predicted octanol–water partition coefficient (Wildman–Crippen LogP) is 6.89. The molecule has 4 N–H and O–H groups in total. The van der Waals surface area contributed by atoms with Gasteiger partial charge in [-0.2, -0.15) is 0 Å². The monoisotopic (exact) mass is 699 g/mol. The fourth-order valence-corrected chi connectivity index (χ4v) is 8.60. The summed E-state index contributed by atoms with van der Waals surface area (Å²) in [5, 5.41) is 34.1. The van der Waals surface area contributed by atoms with Gasteiger partial charge in [0, 0.05) is 72.9 Å². The lowest BCUT2D eigenvalue weighted by Gasteiger charge is -2.42. The summed E-state index contributed by atoms with van der Waals surface area (Å²) >= 11 is 14.4. The number of halogens is 2. The Kier molecular flexibility index (Phi) is 9.39. The Morgan fingerprint density at radius 3 is 2.47 bits per heavy atom. The molecule has 0 amide bonds. The van der Waals surface area contributed by atoms with Crippen LogP contribution in [0.15, 0.2) is 72.7 Å². The number of hydrogen-bond donors (Lipinski definition) is 4. The molecule has 4 aliphatic rings. The average molecular weight is 701 g/mol. The van der Waals surface area contributed by atoms with E-state index in [0.717, 1.165) is 110 Å². The highest BCUT2D eigenvalue weighted by Crippen LogP contribution is 2.44. The minimum atomic E-state index is -0.245. The fourth-order valence-electron chi connectivity index (χ4n) is 8.00. The van der Waals surface area contributed by atoms with Gasteiger partial charge in [0.25, 0.3) is 0 Å². The highest BCUT2D eigenvalue weighted by atomic mass is 35.5. The molecule has 256 valence electrons. The third-order valence-corrected chi connectivity index (χ3v) is 11.3. The molecule has 4 aromatic rings. The molecule has 3 fully saturated rings. The fraction of sp³-hybridized carbons (Fsp3) is 0.421. The number of pyridine rings is 2. The second-order valence-corrected chi connectivity index (χ2v) is 14.6. The van der Waals surface area contributed by atoms with Crippen LogP contribution in [0, 0.1) is 0 Å². The lowest BCUT2D eigenvalue weighted by molar-refractivity contribution is 0.112. The number of hydrogen-bond acceptors (Lipinski definition) is 9. The normalized spacial score (nSPS) is 24.4. The first-order valence-corrected chi connectivity index (χ1v) is 18.3. The number of anilines is 3. The van der Waals surface area contributed by atoms with Crippen LogP contribution in [0.5, 0.6) is 0 Å². The first-order valence-electron chi connectivity index (χ1n) is 17.6. The standard InChI is InChI=1S/C38H43Cl2N7O2/c39-35-29(4-1-6-32(35)44-38-37-25(13-16-41-38)20-24(21-42-37)22-45-18-14-28(49)23-45)30-5-2-8-34(36(30)40)47-19-15-33-31(7-3-17-46(33)47)43-26-9-11-27(48)12-10-26/h1-2,4-6,8,13,15-16,20-21,26-28,31,43,48-49H,3,7,9-12,14,17-19,22-23H2,(H,41,44)/t26?,27?,28-,31?/m1/s1. The molecule has 0 spiro atoms. The van der Waals surface area contributed by atoms with E-state index in [1.165, 1.54) is 5.70 Å². The molecule has 0 bridgehead atoms. The van der Waals surface area contributed by atoms with Gasteiger partial charge in [0.15, 0.2) is 5.82 Å². The second kappa shape index (κ2) is 14.1. The molecule has 1 saturated carbocycles. The van der Waals surface area contributed by atoms with Crippen molar-refractivity contribution in [3.8, 4) is 11.1 Å². The lowest BCUT2D eigenvalue weighted by Crippen LogP contribution is -2.50. The maximum atomic E-state index is 9.97. The summed E-state index contributed by atoms with van der Waals surface area (Å²) in [4.78, 5) is 11.7. The van der Waals surface area contributed by atoms with Gasteiger partial charge >= 0.3 is 0 Å². The van der Waals surface area contributed by atoms with Gasteiger partial charge in [-0.05, 0) is 80.9 Å². The molecule has 3 aliphatic heterocycles. The molecule has 5 heterocycles. The van der Waals surface area contributed by atoms with Gasteiger partial charge in [0.1, 0.15) is 5.52 Å². The van der Waals surface area contributed by atoms with Crippen LogP contribution < -0.4 is 15.6 Å². The zero-order valence-corrected chi connectivity index (χ0v) is 29.0. The van der Waals surface area contributed by atoms with Gasteiger partial charge in [0.05, 0.1) is 40.2 Å². The number of benzene rings is 2. The van der Waals surface area contributed by atoms with Crippen molar-refractivity contribution in [2.45, 2.75) is 75.8 Å². The number of piperidine rings is 1. The van der Waals surface area contributed by atoms with E-state index in [9.17, 15) is 10.2 Å². The SMILES string of the molecule is OC1CCC(NC2CCCN3C2=CCN3c2cccc(-c3cccc(Nc4nccc5cc(CN6CC[C@@H](O)C6)cnc45)c3Cl)c2Cl)CC1. The van der Waals surface area contributed by atoms with Crippen LogP contribution in [0.3, 0.4) is 0 Å². The topological polar surface area (TPSA) is 100 Å². The quantitative estimate of drug-likeness (QED) is 0.157. The zero-order chi connectivity index (χ0) is 33.5. The summed E-state index contributed by atoms with van der Waals surface area (Å²) in [6.07, 6.45) is 12.4. The molecule has 1 unspecified atom stereocenters. The highest BCUT2D eigenvalue weighted by molar-refractivity contribution is 6.39. The van der Waals surface area contributed by atoms with Gasteiger partial charge in [0.2, 0.25) is 0 Å². The number of likely N-dealkylation sites (tertiary alicyclic amines) is 1. The summed E-state index contributed by atoms with van der Waals surface area (Å²) in [6.45, 7) is 4.06. The van der Waals surface area contributed by atoms with Crippen LogP contribution >= 0.6 is 23.2 Å². The van der Waals surface area contributed by atoms with Crippen LogP contribution in [-0.2, 0) is 6.54 Å². The van der Waals surface area contributed by atoms with Crippen molar-refractivity contribution in [1.29, 1.82) is 0 Å². The van der Waals surface area contributed by atoms with Crippen molar-refractivity contribution in [3.05, 3.63) is 88.3 Å². The van der Waals surface area contributed by atoms with Crippen LogP contribution in [0.25, 0.3) is 22.0 Å². The van der Waals surface area contributed by atoms with Gasteiger partial charge in [-0.3, -0.25) is 19.9 Å². The lowest BCUT2D eigenvalue weighted by atomic mass is 9.91. The summed E-state index contributed by atoms with van der Waals surface area (Å²) in [5.41, 5.74) is 6.59. The van der Waals surface area contributed by atoms with Gasteiger partial charge in [-0.15, -0.1) is 0 Å². The Morgan fingerprint density at radius 1 is 0.837 bits per heavy atom. The van der Waals surface area contributed by atoms with Crippen molar-refractivity contribution in [3.63, 3.8) is 0 Å². The minimum Gasteiger partial charge on any atom is -0.393 e. The minimum absolute atomic E-state index is 0.149. The molecule has 2 aromatic carbocycles. The number of hydrazine groups is 1. The molecule has 0 radical (unpaired) electrons. The number of β-amino-alcohol motifs (C(OH)–C–C–N with tert-alkyl or cyclic N) is 1. The van der Waals surface area contributed by atoms with Crippen molar-refractivity contribution in [2.24, 2.45) is 0 Å². The zero-order valence-electron chi connectivity index (χ0n) is 27.5. The summed E-state index contributed by atoms with van der Waals surface area (Å²) < 4.78 is 0. The maximum Gasteiger partial charge on any atom is 0.156 e. The number of aromatic nitrogens is 2. The maximum absolute atomic E-state index is 9.97. The van der Waals surface area contributed by atoms with E-state index in [1.54, 1.807) is 6.20 Å². The van der Waals surface area contributed by atoms with Crippen LogP contribution in [0.4, 0.5) is 17.2 Å². The average Bonchev–Trinajstić information content (AvgIpc) is 3.73. The first-order chi connectivity index (χ1) is 23.9. The Balaban J connectivity index is 1.01. The molecule has 9 nitrogen and oxygen atoms in total. The van der Waals surface area contributed by atoms with E-state index < -0.39 is 0 Å². The van der Waals surface area contributed by atoms with Crippen molar-refractivity contribution >= 4 is 51.3 Å². The molecule has 2 atom stereocenters. The van der Waals surface area contributed by atoms with Gasteiger partial charge in [-0.25, -0.2) is 4.98 Å². The van der Waals surface area contributed by atoms with Crippen molar-refractivity contribution in [2.75, 3.05) is 36.5 Å². The van der Waals surface area contributed by atoms with Crippen molar-refractivity contribution < 1.29 is 10.2 Å². The molecule has 2 saturated heterocycles. The molecule has 49 heavy (non-hydrogen) atoms. The predicted molar refractivity (Wildman–Crippen MR) is 197 cm³/mol. The van der Waals surface area contributed by atoms with Crippen LogP contribution in [0.1, 0.15) is 50.5 Å². The highest BCUT2D eigenvalue weighted by Gasteiger charge is 2.35. The third-order valence-electron chi connectivity index (χ3n) is 10.5. The van der Waals surface area contributed by atoms with Crippen molar-refractivity contribution in [1.82, 2.24) is 25.2 Å². The van der Waals surface area contributed by atoms with E-state index in [0.29, 0.717) is 34.5 Å². The van der Waals surface area contributed by atoms with E-state index >= 15 is 0 Å². The Hall–Kier alpha value is -3.44. The number of rotatable bonds is 8.